The number of aromatic nitrogens is 2. The summed E-state index contributed by atoms with van der Waals surface area (Å²) in [6.07, 6.45) is 7.17. The van der Waals surface area contributed by atoms with E-state index in [0.717, 1.165) is 6.54 Å². The molecule has 5 nitrogen and oxygen atoms in total. The molecular weight excluding hydrogens is 230 g/mol. The van der Waals surface area contributed by atoms with Crippen molar-refractivity contribution in [1.29, 1.82) is 0 Å². The smallest absolute Gasteiger partial charge is 0.330 e. The van der Waals surface area contributed by atoms with Gasteiger partial charge in [0.25, 0.3) is 5.56 Å². The lowest BCUT2D eigenvalue weighted by atomic mass is 10.1. The van der Waals surface area contributed by atoms with Gasteiger partial charge >= 0.3 is 5.69 Å². The quantitative estimate of drug-likeness (QED) is 0.830. The molecule has 0 atom stereocenters. The molecule has 1 aliphatic carbocycles. The van der Waals surface area contributed by atoms with E-state index in [4.69, 9.17) is 5.73 Å². The molecule has 5 heteroatoms. The van der Waals surface area contributed by atoms with Gasteiger partial charge in [-0.2, -0.15) is 0 Å². The molecule has 2 N–H and O–H groups in total. The molecular formula is C13H21N3O2. The molecule has 1 fully saturated rings. The fraction of sp³-hybridized carbons (Fsp3) is 0.692. The summed E-state index contributed by atoms with van der Waals surface area (Å²) in [6.45, 7) is 1.64. The van der Waals surface area contributed by atoms with E-state index in [2.05, 4.69) is 0 Å². The molecule has 0 amide bonds. The van der Waals surface area contributed by atoms with Crippen molar-refractivity contribution in [3.05, 3.63) is 33.1 Å². The van der Waals surface area contributed by atoms with Gasteiger partial charge in [0.1, 0.15) is 0 Å². The van der Waals surface area contributed by atoms with Crippen molar-refractivity contribution in [1.82, 2.24) is 9.13 Å². The van der Waals surface area contributed by atoms with Gasteiger partial charge in [0.2, 0.25) is 0 Å². The Labute approximate surface area is 106 Å². The molecule has 0 aliphatic heterocycles. The van der Waals surface area contributed by atoms with E-state index in [1.165, 1.54) is 36.3 Å². The monoisotopic (exact) mass is 251 g/mol. The van der Waals surface area contributed by atoms with Crippen LogP contribution in [0.2, 0.25) is 0 Å². The molecule has 100 valence electrons. The molecule has 0 spiro atoms. The van der Waals surface area contributed by atoms with Gasteiger partial charge in [0, 0.05) is 25.4 Å². The fourth-order valence-corrected chi connectivity index (χ4v) is 2.62. The summed E-state index contributed by atoms with van der Waals surface area (Å²) in [7, 11) is 0. The first kappa shape index (κ1) is 13.1. The highest BCUT2D eigenvalue weighted by atomic mass is 16.2. The van der Waals surface area contributed by atoms with Gasteiger partial charge in [0.05, 0.1) is 0 Å². The van der Waals surface area contributed by atoms with Crippen LogP contribution in [0.15, 0.2) is 21.9 Å². The van der Waals surface area contributed by atoms with Crippen LogP contribution in [0.4, 0.5) is 0 Å². The van der Waals surface area contributed by atoms with Gasteiger partial charge in [-0.3, -0.25) is 9.36 Å². The highest BCUT2D eigenvalue weighted by Gasteiger charge is 2.16. The predicted octanol–water partition coefficient (Wildman–Crippen LogP) is 0.549. The van der Waals surface area contributed by atoms with Crippen LogP contribution < -0.4 is 17.0 Å². The fourth-order valence-electron chi connectivity index (χ4n) is 2.62. The Bertz CT molecular complexity index is 498. The largest absolute Gasteiger partial charge is 0.330 e. The van der Waals surface area contributed by atoms with Crippen molar-refractivity contribution in [3.8, 4) is 0 Å². The first-order chi connectivity index (χ1) is 8.72. The van der Waals surface area contributed by atoms with Gasteiger partial charge in [-0.05, 0) is 31.7 Å². The van der Waals surface area contributed by atoms with Crippen molar-refractivity contribution >= 4 is 0 Å². The summed E-state index contributed by atoms with van der Waals surface area (Å²) >= 11 is 0. The van der Waals surface area contributed by atoms with Crippen LogP contribution in [-0.2, 0) is 13.1 Å². The SMILES string of the molecule is NCCCn1c(=O)ccn(CC2CCCC2)c1=O. The summed E-state index contributed by atoms with van der Waals surface area (Å²) in [5.41, 5.74) is 5.00. The minimum atomic E-state index is -0.226. The second-order valence-electron chi connectivity index (χ2n) is 5.03. The molecule has 0 bridgehead atoms. The zero-order chi connectivity index (χ0) is 13.0. The molecule has 0 saturated heterocycles. The molecule has 0 aromatic carbocycles. The lowest BCUT2D eigenvalue weighted by molar-refractivity contribution is 0.426. The molecule has 0 unspecified atom stereocenters. The topological polar surface area (TPSA) is 70.0 Å². The van der Waals surface area contributed by atoms with Gasteiger partial charge in [-0.15, -0.1) is 0 Å². The summed E-state index contributed by atoms with van der Waals surface area (Å²) in [5.74, 6) is 0.586. The van der Waals surface area contributed by atoms with E-state index in [0.29, 0.717) is 25.4 Å². The van der Waals surface area contributed by atoms with Crippen molar-refractivity contribution in [3.63, 3.8) is 0 Å². The Balaban J connectivity index is 2.20. The van der Waals surface area contributed by atoms with Crippen molar-refractivity contribution in [2.45, 2.75) is 45.2 Å². The minimum absolute atomic E-state index is 0.192. The Morgan fingerprint density at radius 3 is 2.67 bits per heavy atom. The van der Waals surface area contributed by atoms with Crippen LogP contribution in [0.1, 0.15) is 32.1 Å². The number of nitrogens with two attached hydrogens (primary N) is 1. The Kier molecular flexibility index (Phi) is 4.36. The number of hydrogen-bond donors (Lipinski definition) is 1. The van der Waals surface area contributed by atoms with Gasteiger partial charge in [-0.1, -0.05) is 12.8 Å². The standard InChI is InChI=1S/C13H21N3O2/c14-7-3-8-16-12(17)6-9-15(13(16)18)10-11-4-1-2-5-11/h6,9,11H,1-5,7-8,10,14H2. The summed E-state index contributed by atoms with van der Waals surface area (Å²) in [5, 5.41) is 0. The van der Waals surface area contributed by atoms with Crippen LogP contribution in [0.25, 0.3) is 0 Å². The second-order valence-corrected chi connectivity index (χ2v) is 5.03. The Morgan fingerprint density at radius 2 is 2.00 bits per heavy atom. The van der Waals surface area contributed by atoms with E-state index in [1.807, 2.05) is 0 Å². The zero-order valence-electron chi connectivity index (χ0n) is 10.7. The first-order valence-corrected chi connectivity index (χ1v) is 6.72. The molecule has 1 saturated carbocycles. The summed E-state index contributed by atoms with van der Waals surface area (Å²) in [6, 6.07) is 1.48. The second kappa shape index (κ2) is 6.00. The molecule has 1 aromatic heterocycles. The molecule has 1 aromatic rings. The van der Waals surface area contributed by atoms with Gasteiger partial charge in [-0.25, -0.2) is 4.79 Å². The van der Waals surface area contributed by atoms with Crippen molar-refractivity contribution in [2.75, 3.05) is 6.54 Å². The van der Waals surface area contributed by atoms with Crippen LogP contribution >= 0.6 is 0 Å². The maximum absolute atomic E-state index is 12.2. The third kappa shape index (κ3) is 2.90. The van der Waals surface area contributed by atoms with Gasteiger partial charge < -0.3 is 10.3 Å². The maximum atomic E-state index is 12.2. The highest BCUT2D eigenvalue weighted by Crippen LogP contribution is 2.25. The van der Waals surface area contributed by atoms with Gasteiger partial charge in [0.15, 0.2) is 0 Å². The first-order valence-electron chi connectivity index (χ1n) is 6.72. The minimum Gasteiger partial charge on any atom is -0.330 e. The van der Waals surface area contributed by atoms with Crippen LogP contribution in [0, 0.1) is 5.92 Å². The van der Waals surface area contributed by atoms with E-state index < -0.39 is 0 Å². The van der Waals surface area contributed by atoms with Crippen molar-refractivity contribution in [2.24, 2.45) is 11.7 Å². The molecule has 1 heterocycles. The lowest BCUT2D eigenvalue weighted by Gasteiger charge is -2.13. The maximum Gasteiger partial charge on any atom is 0.330 e. The van der Waals surface area contributed by atoms with E-state index in [-0.39, 0.29) is 11.2 Å². The lowest BCUT2D eigenvalue weighted by Crippen LogP contribution is -2.40. The third-order valence-electron chi connectivity index (χ3n) is 3.66. The Hall–Kier alpha value is -1.36. The van der Waals surface area contributed by atoms with Crippen LogP contribution in [0.3, 0.4) is 0 Å². The summed E-state index contributed by atoms with van der Waals surface area (Å²) in [4.78, 5) is 23.8. The highest BCUT2D eigenvalue weighted by molar-refractivity contribution is 4.87. The zero-order valence-corrected chi connectivity index (χ0v) is 10.7. The Morgan fingerprint density at radius 1 is 1.28 bits per heavy atom. The average Bonchev–Trinajstić information content (AvgIpc) is 2.86. The average molecular weight is 251 g/mol. The normalized spacial score (nSPS) is 16.3. The number of rotatable bonds is 5. The van der Waals surface area contributed by atoms with Crippen LogP contribution in [0.5, 0.6) is 0 Å². The van der Waals surface area contributed by atoms with E-state index >= 15 is 0 Å². The number of hydrogen-bond acceptors (Lipinski definition) is 3. The molecule has 2 rings (SSSR count). The predicted molar refractivity (Wildman–Crippen MR) is 70.6 cm³/mol. The molecule has 18 heavy (non-hydrogen) atoms. The third-order valence-corrected chi connectivity index (χ3v) is 3.66. The molecule has 0 radical (unpaired) electrons. The summed E-state index contributed by atoms with van der Waals surface area (Å²) < 4.78 is 2.97. The van der Waals surface area contributed by atoms with E-state index in [1.54, 1.807) is 10.8 Å². The number of nitrogens with zero attached hydrogens (tertiary/aromatic N) is 2. The van der Waals surface area contributed by atoms with Crippen LogP contribution in [-0.4, -0.2) is 15.7 Å². The van der Waals surface area contributed by atoms with E-state index in [9.17, 15) is 9.59 Å². The molecule has 1 aliphatic rings. The van der Waals surface area contributed by atoms with Crippen molar-refractivity contribution < 1.29 is 0 Å².